The van der Waals surface area contributed by atoms with Crippen molar-refractivity contribution >= 4 is 56.7 Å². The van der Waals surface area contributed by atoms with E-state index in [0.29, 0.717) is 20.2 Å². The summed E-state index contributed by atoms with van der Waals surface area (Å²) in [5.41, 5.74) is 0.467. The van der Waals surface area contributed by atoms with E-state index in [2.05, 4.69) is 15.9 Å². The van der Waals surface area contributed by atoms with Crippen LogP contribution in [0.1, 0.15) is 10.5 Å². The fraction of sp³-hybridized carbons (Fsp3) is 0. The first-order valence-electron chi connectivity index (χ1n) is 4.67. The van der Waals surface area contributed by atoms with Gasteiger partial charge in [-0.3, -0.25) is 0 Å². The maximum Gasteiger partial charge on any atom is 0.352 e. The third-order valence-corrected chi connectivity index (χ3v) is 4.25. The van der Waals surface area contributed by atoms with Gasteiger partial charge >= 0.3 is 5.97 Å². The zero-order valence-electron chi connectivity index (χ0n) is 8.62. The summed E-state index contributed by atoms with van der Waals surface area (Å²) >= 11 is 21.1. The molecule has 1 heterocycles. The minimum Gasteiger partial charge on any atom is -0.477 e. The summed E-state index contributed by atoms with van der Waals surface area (Å²) in [7, 11) is 0. The Morgan fingerprint density at radius 1 is 1.22 bits per heavy atom. The molecule has 1 aromatic heterocycles. The monoisotopic (exact) mass is 367 g/mol. The number of rotatable bonds is 2. The molecule has 2 rings (SSSR count). The van der Waals surface area contributed by atoms with Gasteiger partial charge in [-0.2, -0.15) is 0 Å². The molecule has 0 aliphatic carbocycles. The molecule has 0 unspecified atom stereocenters. The van der Waals surface area contributed by atoms with Gasteiger partial charge in [-0.05, 0) is 34.1 Å². The molecule has 0 aliphatic heterocycles. The fourth-order valence-corrected chi connectivity index (χ4v) is 2.56. The molecule has 0 saturated carbocycles. The zero-order valence-corrected chi connectivity index (χ0v) is 12.5. The van der Waals surface area contributed by atoms with Crippen molar-refractivity contribution in [3.05, 3.63) is 49.6 Å². The third-order valence-electron chi connectivity index (χ3n) is 2.28. The van der Waals surface area contributed by atoms with Crippen LogP contribution in [0.25, 0.3) is 5.69 Å². The molecule has 1 aromatic carbocycles. The molecule has 0 radical (unpaired) electrons. The molecule has 7 heteroatoms. The number of benzene rings is 1. The van der Waals surface area contributed by atoms with E-state index in [4.69, 9.17) is 39.9 Å². The lowest BCUT2D eigenvalue weighted by Crippen LogP contribution is -2.06. The van der Waals surface area contributed by atoms with E-state index >= 15 is 0 Å². The minimum absolute atomic E-state index is 0.0142. The normalized spacial score (nSPS) is 10.7. The average Bonchev–Trinajstić information content (AvgIpc) is 2.68. The number of carboxylic acid groups (broad SMARTS) is 1. The van der Waals surface area contributed by atoms with Crippen LogP contribution in [0.2, 0.25) is 15.1 Å². The maximum absolute atomic E-state index is 11.1. The largest absolute Gasteiger partial charge is 0.477 e. The second kappa shape index (κ2) is 5.13. The molecule has 0 saturated heterocycles. The Morgan fingerprint density at radius 2 is 1.89 bits per heavy atom. The highest BCUT2D eigenvalue weighted by molar-refractivity contribution is 9.10. The number of aromatic nitrogens is 1. The van der Waals surface area contributed by atoms with Crippen molar-refractivity contribution in [1.82, 2.24) is 4.57 Å². The van der Waals surface area contributed by atoms with Crippen molar-refractivity contribution in [2.24, 2.45) is 0 Å². The Labute approximate surface area is 126 Å². The van der Waals surface area contributed by atoms with Crippen molar-refractivity contribution in [2.45, 2.75) is 0 Å². The van der Waals surface area contributed by atoms with Gasteiger partial charge in [0.1, 0.15) is 5.69 Å². The number of nitrogens with zero attached hydrogens (tertiary/aromatic N) is 1. The summed E-state index contributed by atoms with van der Waals surface area (Å²) in [6.45, 7) is 0. The molecule has 0 bridgehead atoms. The molecule has 1 N–H and O–H groups in total. The van der Waals surface area contributed by atoms with Crippen LogP contribution in [-0.4, -0.2) is 15.6 Å². The smallest absolute Gasteiger partial charge is 0.352 e. The highest BCUT2D eigenvalue weighted by Gasteiger charge is 2.17. The number of halogens is 4. The van der Waals surface area contributed by atoms with Gasteiger partial charge in [-0.1, -0.05) is 34.8 Å². The van der Waals surface area contributed by atoms with E-state index in [1.54, 1.807) is 12.1 Å². The van der Waals surface area contributed by atoms with Gasteiger partial charge in [0.25, 0.3) is 0 Å². The summed E-state index contributed by atoms with van der Waals surface area (Å²) in [5.74, 6) is -1.10. The van der Waals surface area contributed by atoms with Crippen LogP contribution < -0.4 is 0 Å². The van der Waals surface area contributed by atoms with Crippen molar-refractivity contribution in [1.29, 1.82) is 0 Å². The first kappa shape index (κ1) is 13.7. The van der Waals surface area contributed by atoms with Gasteiger partial charge < -0.3 is 9.67 Å². The predicted octanol–water partition coefficient (Wildman–Crippen LogP) is 4.90. The van der Waals surface area contributed by atoms with E-state index in [1.807, 2.05) is 0 Å². The zero-order chi connectivity index (χ0) is 13.4. The van der Waals surface area contributed by atoms with Gasteiger partial charge in [0.2, 0.25) is 0 Å². The Morgan fingerprint density at radius 3 is 2.50 bits per heavy atom. The molecule has 0 amide bonds. The van der Waals surface area contributed by atoms with Crippen LogP contribution in [-0.2, 0) is 0 Å². The Kier molecular flexibility index (Phi) is 3.92. The summed E-state index contributed by atoms with van der Waals surface area (Å²) in [6.07, 6.45) is 1.47. The molecule has 0 spiro atoms. The van der Waals surface area contributed by atoms with E-state index in [1.165, 1.54) is 16.8 Å². The SMILES string of the molecule is O=C(O)c1cc(Cl)cn1-c1ccc(Br)c(Cl)c1Cl. The van der Waals surface area contributed by atoms with Gasteiger partial charge in [0.05, 0.1) is 20.8 Å². The molecule has 94 valence electrons. The van der Waals surface area contributed by atoms with Crippen LogP contribution in [0.3, 0.4) is 0 Å². The molecule has 0 aliphatic rings. The highest BCUT2D eigenvalue weighted by Crippen LogP contribution is 2.36. The van der Waals surface area contributed by atoms with Crippen LogP contribution >= 0.6 is 50.7 Å². The van der Waals surface area contributed by atoms with Crippen LogP contribution in [0, 0.1) is 0 Å². The molecule has 0 atom stereocenters. The molecule has 2 aromatic rings. The minimum atomic E-state index is -1.10. The first-order chi connectivity index (χ1) is 8.41. The fourth-order valence-electron chi connectivity index (χ4n) is 1.50. The summed E-state index contributed by atoms with van der Waals surface area (Å²) in [4.78, 5) is 11.1. The Hall–Kier alpha value is -0.680. The quantitative estimate of drug-likeness (QED) is 0.765. The van der Waals surface area contributed by atoms with Crippen molar-refractivity contribution in [2.75, 3.05) is 0 Å². The second-order valence-corrected chi connectivity index (χ2v) is 5.46. The lowest BCUT2D eigenvalue weighted by molar-refractivity contribution is 0.0688. The summed E-state index contributed by atoms with van der Waals surface area (Å²) in [6, 6.07) is 4.68. The summed E-state index contributed by atoms with van der Waals surface area (Å²) < 4.78 is 2.01. The van der Waals surface area contributed by atoms with Crippen LogP contribution in [0.15, 0.2) is 28.9 Å². The number of carbonyl (C=O) groups is 1. The maximum atomic E-state index is 11.1. The average molecular weight is 369 g/mol. The second-order valence-electron chi connectivity index (χ2n) is 3.41. The van der Waals surface area contributed by atoms with Crippen molar-refractivity contribution in [3.63, 3.8) is 0 Å². The number of carboxylic acids is 1. The first-order valence-corrected chi connectivity index (χ1v) is 6.59. The predicted molar refractivity (Wildman–Crippen MR) is 75.5 cm³/mol. The van der Waals surface area contributed by atoms with Gasteiger partial charge in [-0.25, -0.2) is 4.79 Å². The molecule has 18 heavy (non-hydrogen) atoms. The van der Waals surface area contributed by atoms with Crippen molar-refractivity contribution in [3.8, 4) is 5.69 Å². The molecule has 0 fully saturated rings. The number of hydrogen-bond acceptors (Lipinski definition) is 1. The van der Waals surface area contributed by atoms with E-state index in [-0.39, 0.29) is 10.7 Å². The lowest BCUT2D eigenvalue weighted by Gasteiger charge is -2.10. The van der Waals surface area contributed by atoms with Gasteiger partial charge in [-0.15, -0.1) is 0 Å². The number of hydrogen-bond donors (Lipinski definition) is 1. The molecule has 3 nitrogen and oxygen atoms in total. The van der Waals surface area contributed by atoms with Gasteiger partial charge in [0, 0.05) is 10.7 Å². The summed E-state index contributed by atoms with van der Waals surface area (Å²) in [5, 5.41) is 9.96. The highest BCUT2D eigenvalue weighted by atomic mass is 79.9. The topological polar surface area (TPSA) is 42.2 Å². The van der Waals surface area contributed by atoms with E-state index < -0.39 is 5.97 Å². The third kappa shape index (κ3) is 2.38. The molecular weight excluding hydrogens is 364 g/mol. The van der Waals surface area contributed by atoms with E-state index in [9.17, 15) is 4.79 Å². The van der Waals surface area contributed by atoms with Crippen LogP contribution in [0.5, 0.6) is 0 Å². The van der Waals surface area contributed by atoms with Crippen LogP contribution in [0.4, 0.5) is 0 Å². The lowest BCUT2D eigenvalue weighted by atomic mass is 10.3. The Balaban J connectivity index is 2.70. The molecular formula is C11H5BrCl3NO2. The van der Waals surface area contributed by atoms with Gasteiger partial charge in [0.15, 0.2) is 0 Å². The van der Waals surface area contributed by atoms with E-state index in [0.717, 1.165) is 0 Å². The Bertz CT molecular complexity index is 639. The standard InChI is InChI=1S/C11H5BrCl3NO2/c12-6-1-2-7(10(15)9(6)14)16-4-5(13)3-8(16)11(17)18/h1-4H,(H,17,18). The number of aromatic carboxylic acids is 1. The van der Waals surface area contributed by atoms with Crippen molar-refractivity contribution < 1.29 is 9.90 Å².